The normalized spacial score (nSPS) is 11.2. The third-order valence-corrected chi connectivity index (χ3v) is 2.79. The number of hydrogen-bond acceptors (Lipinski definition) is 3. The Bertz CT molecular complexity index is 539. The molecule has 0 aliphatic heterocycles. The lowest BCUT2D eigenvalue weighted by Crippen LogP contribution is -1.81. The van der Waals surface area contributed by atoms with Gasteiger partial charge in [0, 0.05) is 18.5 Å². The van der Waals surface area contributed by atoms with Gasteiger partial charge < -0.3 is 0 Å². The fourth-order valence-electron chi connectivity index (χ4n) is 1.03. The van der Waals surface area contributed by atoms with E-state index in [1.165, 1.54) is 23.6 Å². The van der Waals surface area contributed by atoms with Gasteiger partial charge in [-0.2, -0.15) is 0 Å². The topological polar surface area (TPSA) is 25.2 Å². The molecule has 0 radical (unpaired) electrons. The summed E-state index contributed by atoms with van der Waals surface area (Å²) in [6, 6.07) is 3.44. The number of benzene rings is 1. The van der Waals surface area contributed by atoms with Crippen molar-refractivity contribution in [3.05, 3.63) is 45.4 Å². The molecule has 0 fully saturated rings. The summed E-state index contributed by atoms with van der Waals surface area (Å²) >= 11 is 6.88. The van der Waals surface area contributed by atoms with Crippen molar-refractivity contribution in [3.63, 3.8) is 0 Å². The quantitative estimate of drug-likeness (QED) is 0.752. The van der Waals surface area contributed by atoms with Crippen molar-refractivity contribution in [3.8, 4) is 0 Å². The summed E-state index contributed by atoms with van der Waals surface area (Å²) in [4.78, 5) is 8.54. The summed E-state index contributed by atoms with van der Waals surface area (Å²) in [5, 5.41) is 0. The van der Waals surface area contributed by atoms with Crippen molar-refractivity contribution in [2.75, 3.05) is 0 Å². The van der Waals surface area contributed by atoms with E-state index in [-0.39, 0.29) is 0 Å². The van der Waals surface area contributed by atoms with Crippen molar-refractivity contribution in [1.82, 2.24) is 4.98 Å². The van der Waals surface area contributed by atoms with Gasteiger partial charge in [0.15, 0.2) is 16.1 Å². The van der Waals surface area contributed by atoms with E-state index in [0.717, 1.165) is 17.0 Å². The second kappa shape index (κ2) is 4.67. The van der Waals surface area contributed by atoms with E-state index in [1.807, 2.05) is 0 Å². The van der Waals surface area contributed by atoms with Crippen LogP contribution >= 0.6 is 22.9 Å². The van der Waals surface area contributed by atoms with Crippen LogP contribution in [0.4, 0.5) is 14.5 Å². The zero-order valence-corrected chi connectivity index (χ0v) is 9.40. The minimum absolute atomic E-state index is 0.337. The molecule has 16 heavy (non-hydrogen) atoms. The number of rotatable bonds is 2. The van der Waals surface area contributed by atoms with Crippen molar-refractivity contribution in [2.45, 2.75) is 0 Å². The zero-order chi connectivity index (χ0) is 11.5. The molecule has 1 aromatic carbocycles. The maximum atomic E-state index is 12.8. The molecule has 6 heteroatoms. The van der Waals surface area contributed by atoms with Crippen molar-refractivity contribution in [2.24, 2.45) is 4.99 Å². The van der Waals surface area contributed by atoms with Crippen LogP contribution in [0.3, 0.4) is 0 Å². The average molecular weight is 259 g/mol. The van der Waals surface area contributed by atoms with Gasteiger partial charge in [0.1, 0.15) is 0 Å². The molecule has 0 aliphatic rings. The summed E-state index contributed by atoms with van der Waals surface area (Å²) in [6.07, 6.45) is 3.05. The van der Waals surface area contributed by atoms with Crippen LogP contribution in [-0.4, -0.2) is 11.2 Å². The summed E-state index contributed by atoms with van der Waals surface area (Å²) in [7, 11) is 0. The summed E-state index contributed by atoms with van der Waals surface area (Å²) in [5.74, 6) is -1.81. The summed E-state index contributed by atoms with van der Waals surface area (Å²) < 4.78 is 25.9. The highest BCUT2D eigenvalue weighted by molar-refractivity contribution is 7.17. The first-order chi connectivity index (χ1) is 7.65. The molecule has 2 nitrogen and oxygen atoms in total. The molecular weight excluding hydrogens is 254 g/mol. The fraction of sp³-hybridized carbons (Fsp3) is 0. The van der Waals surface area contributed by atoms with E-state index >= 15 is 0 Å². The van der Waals surface area contributed by atoms with E-state index in [0.29, 0.717) is 10.2 Å². The molecule has 0 saturated carbocycles. The second-order valence-corrected chi connectivity index (χ2v) is 4.52. The molecule has 2 aromatic rings. The van der Waals surface area contributed by atoms with Gasteiger partial charge in [0.25, 0.3) is 0 Å². The number of hydrogen-bond donors (Lipinski definition) is 0. The smallest absolute Gasteiger partial charge is 0.184 e. The maximum absolute atomic E-state index is 12.8. The highest BCUT2D eigenvalue weighted by atomic mass is 35.5. The van der Waals surface area contributed by atoms with E-state index in [4.69, 9.17) is 11.6 Å². The molecule has 0 saturated heterocycles. The first-order valence-corrected chi connectivity index (χ1v) is 5.45. The van der Waals surface area contributed by atoms with Crippen LogP contribution in [0.2, 0.25) is 4.47 Å². The minimum Gasteiger partial charge on any atom is -0.255 e. The number of aliphatic imine (C=N–C) groups is 1. The van der Waals surface area contributed by atoms with E-state index in [2.05, 4.69) is 9.98 Å². The lowest BCUT2D eigenvalue weighted by atomic mass is 10.3. The van der Waals surface area contributed by atoms with E-state index in [9.17, 15) is 8.78 Å². The average Bonchev–Trinajstić information content (AvgIpc) is 2.66. The first kappa shape index (κ1) is 11.2. The van der Waals surface area contributed by atoms with E-state index < -0.39 is 11.6 Å². The molecule has 0 atom stereocenters. The molecule has 2 rings (SSSR count). The fourth-order valence-corrected chi connectivity index (χ4v) is 1.85. The third-order valence-electron chi connectivity index (χ3n) is 1.74. The first-order valence-electron chi connectivity index (χ1n) is 4.25. The second-order valence-electron chi connectivity index (χ2n) is 2.87. The highest BCUT2D eigenvalue weighted by Gasteiger charge is 2.01. The molecule has 0 amide bonds. The van der Waals surface area contributed by atoms with Crippen molar-refractivity contribution < 1.29 is 8.78 Å². The summed E-state index contributed by atoms with van der Waals surface area (Å²) in [6.45, 7) is 0. The minimum atomic E-state index is -0.919. The van der Waals surface area contributed by atoms with Crippen LogP contribution in [0.15, 0.2) is 29.4 Å². The number of thiazole rings is 1. The molecule has 0 spiro atoms. The van der Waals surface area contributed by atoms with E-state index in [1.54, 1.807) is 6.20 Å². The Kier molecular flexibility index (Phi) is 3.26. The van der Waals surface area contributed by atoms with Crippen LogP contribution in [0.1, 0.15) is 4.88 Å². The van der Waals surface area contributed by atoms with Gasteiger partial charge in [-0.15, -0.1) is 11.3 Å². The Morgan fingerprint density at radius 1 is 1.31 bits per heavy atom. The van der Waals surface area contributed by atoms with Gasteiger partial charge in [0.2, 0.25) is 0 Å². The molecule has 0 bridgehead atoms. The molecule has 0 N–H and O–H groups in total. The van der Waals surface area contributed by atoms with Gasteiger partial charge in [-0.1, -0.05) is 11.6 Å². The van der Waals surface area contributed by atoms with Crippen molar-refractivity contribution in [1.29, 1.82) is 0 Å². The molecule has 82 valence electrons. The number of nitrogens with zero attached hydrogens (tertiary/aromatic N) is 2. The molecule has 1 heterocycles. The SMILES string of the molecule is Fc1ccc(/N=C/c2cnc(Cl)s2)cc1F. The molecule has 0 unspecified atom stereocenters. The maximum Gasteiger partial charge on any atom is 0.184 e. The lowest BCUT2D eigenvalue weighted by Gasteiger charge is -1.94. The standard InChI is InChI=1S/C10H5ClF2N2S/c11-10-15-5-7(16-10)4-14-6-1-2-8(12)9(13)3-6/h1-5H/b14-4+. The van der Waals surface area contributed by atoms with Crippen LogP contribution < -0.4 is 0 Å². The predicted molar refractivity (Wildman–Crippen MR) is 60.7 cm³/mol. The van der Waals surface area contributed by atoms with Gasteiger partial charge in [-0.25, -0.2) is 13.8 Å². The Morgan fingerprint density at radius 2 is 2.12 bits per heavy atom. The number of aromatic nitrogens is 1. The Balaban J connectivity index is 2.20. The van der Waals surface area contributed by atoms with Gasteiger partial charge >= 0.3 is 0 Å². The predicted octanol–water partition coefficient (Wildman–Crippen LogP) is 3.83. The number of halogens is 3. The third kappa shape index (κ3) is 2.62. The summed E-state index contributed by atoms with van der Waals surface area (Å²) in [5.41, 5.74) is 0.337. The molecular formula is C10H5ClF2N2S. The Labute approximate surface area is 99.2 Å². The van der Waals surface area contributed by atoms with Gasteiger partial charge in [-0.05, 0) is 12.1 Å². The highest BCUT2D eigenvalue weighted by Crippen LogP contribution is 2.19. The zero-order valence-electron chi connectivity index (χ0n) is 7.82. The van der Waals surface area contributed by atoms with Gasteiger partial charge in [0.05, 0.1) is 10.6 Å². The monoisotopic (exact) mass is 258 g/mol. The molecule has 1 aromatic heterocycles. The van der Waals surface area contributed by atoms with Crippen LogP contribution in [0, 0.1) is 11.6 Å². The van der Waals surface area contributed by atoms with Crippen LogP contribution in [-0.2, 0) is 0 Å². The molecule has 0 aliphatic carbocycles. The Morgan fingerprint density at radius 3 is 2.75 bits per heavy atom. The van der Waals surface area contributed by atoms with Crippen molar-refractivity contribution >= 4 is 34.8 Å². The Hall–Kier alpha value is -1.33. The van der Waals surface area contributed by atoms with Gasteiger partial charge in [-0.3, -0.25) is 4.99 Å². The lowest BCUT2D eigenvalue weighted by molar-refractivity contribution is 0.509. The van der Waals surface area contributed by atoms with Crippen LogP contribution in [0.5, 0.6) is 0 Å². The van der Waals surface area contributed by atoms with Crippen LogP contribution in [0.25, 0.3) is 0 Å². The largest absolute Gasteiger partial charge is 0.255 e.